The van der Waals surface area contributed by atoms with E-state index >= 15 is 0 Å². The molecule has 5 heteroatoms. The Morgan fingerprint density at radius 2 is 1.92 bits per heavy atom. The Balaban J connectivity index is 1.89. The van der Waals surface area contributed by atoms with Crippen LogP contribution in [0.25, 0.3) is 10.9 Å². The Hall–Kier alpha value is -2.69. The van der Waals surface area contributed by atoms with Gasteiger partial charge in [0.05, 0.1) is 5.39 Å². The summed E-state index contributed by atoms with van der Waals surface area (Å²) in [4.78, 5) is 17.3. The number of nitrogens with two attached hydrogens (primary N) is 1. The lowest BCUT2D eigenvalue weighted by Crippen LogP contribution is -2.37. The number of hydrogen-bond acceptors (Lipinski definition) is 3. The molecule has 1 heterocycles. The van der Waals surface area contributed by atoms with E-state index in [4.69, 9.17) is 5.73 Å². The second kappa shape index (κ2) is 5.44. The zero-order valence-corrected chi connectivity index (χ0v) is 13.4. The van der Waals surface area contributed by atoms with E-state index in [0.29, 0.717) is 5.82 Å². The smallest absolute Gasteiger partial charge is 0.263 e. The van der Waals surface area contributed by atoms with Crippen LogP contribution in [-0.2, 0) is 0 Å². The van der Waals surface area contributed by atoms with Gasteiger partial charge in [0.2, 0.25) is 0 Å². The molecule has 0 unspecified atom stereocenters. The zero-order valence-electron chi connectivity index (χ0n) is 13.4. The van der Waals surface area contributed by atoms with Crippen molar-refractivity contribution in [2.75, 3.05) is 5.73 Å². The number of rotatable bonds is 2. The first-order chi connectivity index (χ1) is 11.6. The van der Waals surface area contributed by atoms with Crippen LogP contribution in [0.4, 0.5) is 10.1 Å². The Bertz CT molecular complexity index is 981. The normalized spacial score (nSPS) is 20.1. The fourth-order valence-electron chi connectivity index (χ4n) is 3.67. The largest absolute Gasteiger partial charge is 0.398 e. The van der Waals surface area contributed by atoms with E-state index in [0.717, 1.165) is 12.8 Å². The molecule has 1 saturated carbocycles. The highest BCUT2D eigenvalue weighted by molar-refractivity contribution is 5.89. The average Bonchev–Trinajstić information content (AvgIpc) is 2.54. The molecule has 4 rings (SSSR count). The van der Waals surface area contributed by atoms with E-state index < -0.39 is 5.82 Å². The molecule has 1 aliphatic carbocycles. The topological polar surface area (TPSA) is 60.9 Å². The van der Waals surface area contributed by atoms with Crippen LogP contribution in [0.1, 0.15) is 36.2 Å². The number of benzene rings is 2. The van der Waals surface area contributed by atoms with E-state index in [1.165, 1.54) is 17.7 Å². The van der Waals surface area contributed by atoms with Gasteiger partial charge < -0.3 is 5.73 Å². The van der Waals surface area contributed by atoms with Gasteiger partial charge in [-0.15, -0.1) is 0 Å². The minimum atomic E-state index is -0.514. The lowest BCUT2D eigenvalue weighted by atomic mass is 9.74. The van der Waals surface area contributed by atoms with Gasteiger partial charge in [-0.1, -0.05) is 30.3 Å². The Labute approximate surface area is 138 Å². The highest BCUT2D eigenvalue weighted by Gasteiger charge is 2.35. The van der Waals surface area contributed by atoms with Gasteiger partial charge in [-0.3, -0.25) is 9.36 Å². The van der Waals surface area contributed by atoms with E-state index in [-0.39, 0.29) is 34.1 Å². The Kier molecular flexibility index (Phi) is 3.37. The molecule has 1 fully saturated rings. The molecule has 122 valence electrons. The summed E-state index contributed by atoms with van der Waals surface area (Å²) in [6, 6.07) is 12.9. The van der Waals surface area contributed by atoms with E-state index in [9.17, 15) is 9.18 Å². The number of aromatic nitrogens is 2. The molecule has 2 N–H and O–H groups in total. The second-order valence-corrected chi connectivity index (χ2v) is 6.36. The quantitative estimate of drug-likeness (QED) is 0.734. The van der Waals surface area contributed by atoms with Gasteiger partial charge in [0.1, 0.15) is 17.2 Å². The lowest BCUT2D eigenvalue weighted by molar-refractivity contribution is 0.246. The summed E-state index contributed by atoms with van der Waals surface area (Å²) in [5, 5.41) is 0.180. The van der Waals surface area contributed by atoms with Crippen LogP contribution < -0.4 is 11.3 Å². The van der Waals surface area contributed by atoms with Gasteiger partial charge >= 0.3 is 0 Å². The Morgan fingerprint density at radius 3 is 2.58 bits per heavy atom. The predicted molar refractivity (Wildman–Crippen MR) is 92.6 cm³/mol. The van der Waals surface area contributed by atoms with E-state index in [1.54, 1.807) is 11.5 Å². The minimum absolute atomic E-state index is 0.0412. The molecule has 3 aromatic rings. The average molecular weight is 323 g/mol. The van der Waals surface area contributed by atoms with Crippen LogP contribution in [0.15, 0.2) is 47.3 Å². The van der Waals surface area contributed by atoms with Crippen LogP contribution in [0, 0.1) is 12.7 Å². The summed E-state index contributed by atoms with van der Waals surface area (Å²) in [6.45, 7) is 1.75. The van der Waals surface area contributed by atoms with Gasteiger partial charge in [0.15, 0.2) is 0 Å². The van der Waals surface area contributed by atoms with Gasteiger partial charge in [-0.05, 0) is 37.5 Å². The first-order valence-corrected chi connectivity index (χ1v) is 8.09. The molecule has 0 bridgehead atoms. The molecule has 4 nitrogen and oxygen atoms in total. The van der Waals surface area contributed by atoms with Crippen LogP contribution >= 0.6 is 0 Å². The van der Waals surface area contributed by atoms with Gasteiger partial charge in [0.25, 0.3) is 5.56 Å². The fraction of sp³-hybridized carbons (Fsp3) is 0.263. The summed E-state index contributed by atoms with van der Waals surface area (Å²) in [5.74, 6) is 0.291. The molecule has 1 aliphatic rings. The maximum Gasteiger partial charge on any atom is 0.263 e. The SMILES string of the molecule is Cc1nc2c(F)ccc(N)c2c(=O)n1[C@H]1CC[C@@H]1c1ccccc1. The fourth-order valence-corrected chi connectivity index (χ4v) is 3.67. The predicted octanol–water partition coefficient (Wildman–Crippen LogP) is 3.54. The Morgan fingerprint density at radius 1 is 1.17 bits per heavy atom. The molecular weight excluding hydrogens is 305 g/mol. The molecule has 2 aromatic carbocycles. The first-order valence-electron chi connectivity index (χ1n) is 8.09. The summed E-state index contributed by atoms with van der Waals surface area (Å²) in [5.41, 5.74) is 7.23. The highest BCUT2D eigenvalue weighted by atomic mass is 19.1. The van der Waals surface area contributed by atoms with E-state index in [1.807, 2.05) is 18.2 Å². The summed E-state index contributed by atoms with van der Waals surface area (Å²) in [7, 11) is 0. The van der Waals surface area contributed by atoms with Gasteiger partial charge in [-0.2, -0.15) is 0 Å². The molecule has 0 amide bonds. The molecule has 0 aliphatic heterocycles. The maximum absolute atomic E-state index is 14.0. The van der Waals surface area contributed by atoms with Crippen molar-refractivity contribution in [1.29, 1.82) is 0 Å². The van der Waals surface area contributed by atoms with Crippen molar-refractivity contribution in [3.8, 4) is 0 Å². The molecular formula is C19H18FN3O. The number of fused-ring (bicyclic) bond motifs is 1. The highest BCUT2D eigenvalue weighted by Crippen LogP contribution is 2.45. The number of nitrogens with zero attached hydrogens (tertiary/aromatic N) is 2. The molecule has 0 spiro atoms. The van der Waals surface area contributed by atoms with Crippen LogP contribution in [-0.4, -0.2) is 9.55 Å². The van der Waals surface area contributed by atoms with Crippen molar-refractivity contribution in [3.05, 3.63) is 70.0 Å². The number of aryl methyl sites for hydroxylation is 1. The third-order valence-electron chi connectivity index (χ3n) is 5.01. The molecule has 0 saturated heterocycles. The second-order valence-electron chi connectivity index (χ2n) is 6.36. The van der Waals surface area contributed by atoms with E-state index in [2.05, 4.69) is 17.1 Å². The van der Waals surface area contributed by atoms with Crippen molar-refractivity contribution in [2.24, 2.45) is 0 Å². The third-order valence-corrected chi connectivity index (χ3v) is 5.01. The van der Waals surface area contributed by atoms with Gasteiger partial charge in [-0.25, -0.2) is 9.37 Å². The number of anilines is 1. The number of nitrogen functional groups attached to an aromatic ring is 1. The van der Waals surface area contributed by atoms with Crippen LogP contribution in [0.5, 0.6) is 0 Å². The van der Waals surface area contributed by atoms with Crippen LogP contribution in [0.3, 0.4) is 0 Å². The zero-order chi connectivity index (χ0) is 16.8. The standard InChI is InChI=1S/C19H18FN3O/c1-11-22-18-14(20)8-9-15(21)17(18)19(24)23(11)16-10-7-13(16)12-5-3-2-4-6-12/h2-6,8-9,13,16H,7,10,21H2,1H3/t13-,16+/m1/s1. The summed E-state index contributed by atoms with van der Waals surface area (Å²) >= 11 is 0. The molecule has 24 heavy (non-hydrogen) atoms. The lowest BCUT2D eigenvalue weighted by Gasteiger charge is -2.39. The van der Waals surface area contributed by atoms with Crippen LogP contribution in [0.2, 0.25) is 0 Å². The summed E-state index contributed by atoms with van der Waals surface area (Å²) < 4.78 is 15.7. The van der Waals surface area contributed by atoms with Crippen molar-refractivity contribution in [2.45, 2.75) is 31.7 Å². The first kappa shape index (κ1) is 14.9. The van der Waals surface area contributed by atoms with Gasteiger partial charge in [0, 0.05) is 17.6 Å². The third kappa shape index (κ3) is 2.12. The van der Waals surface area contributed by atoms with Crippen molar-refractivity contribution >= 4 is 16.6 Å². The minimum Gasteiger partial charge on any atom is -0.398 e. The van der Waals surface area contributed by atoms with Crippen molar-refractivity contribution in [3.63, 3.8) is 0 Å². The maximum atomic E-state index is 14.0. The molecule has 2 atom stereocenters. The summed E-state index contributed by atoms with van der Waals surface area (Å²) in [6.07, 6.45) is 1.93. The van der Waals surface area contributed by atoms with Crippen molar-refractivity contribution in [1.82, 2.24) is 9.55 Å². The molecule has 1 aromatic heterocycles. The number of halogens is 1. The monoisotopic (exact) mass is 323 g/mol. The molecule has 0 radical (unpaired) electrons. The number of hydrogen-bond donors (Lipinski definition) is 1. The van der Waals surface area contributed by atoms with Crippen molar-refractivity contribution < 1.29 is 4.39 Å².